The second-order valence-electron chi connectivity index (χ2n) is 9.76. The molecule has 1 heterocycles. The number of hydrogen-bond donors (Lipinski definition) is 1. The molecule has 0 bridgehead atoms. The van der Waals surface area contributed by atoms with Gasteiger partial charge in [-0.25, -0.2) is 8.42 Å². The molecule has 2 aliphatic rings. The molecule has 1 amide bonds. The topological polar surface area (TPSA) is 73.0 Å². The molecule has 4 rings (SSSR count). The van der Waals surface area contributed by atoms with Crippen molar-refractivity contribution in [3.63, 3.8) is 0 Å². The van der Waals surface area contributed by atoms with Gasteiger partial charge in [0.2, 0.25) is 10.0 Å². The van der Waals surface area contributed by atoms with Gasteiger partial charge in [-0.15, -0.1) is 0 Å². The van der Waals surface area contributed by atoms with Gasteiger partial charge in [0.15, 0.2) is 0 Å². The summed E-state index contributed by atoms with van der Waals surface area (Å²) in [6.07, 6.45) is 5.16. The molecule has 0 spiro atoms. The fourth-order valence-electron chi connectivity index (χ4n) is 5.07. The van der Waals surface area contributed by atoms with Crippen molar-refractivity contribution in [2.75, 3.05) is 51.2 Å². The van der Waals surface area contributed by atoms with Crippen molar-refractivity contribution < 1.29 is 13.2 Å². The van der Waals surface area contributed by atoms with Gasteiger partial charge in [-0.05, 0) is 61.7 Å². The van der Waals surface area contributed by atoms with E-state index in [4.69, 9.17) is 0 Å². The third-order valence-electron chi connectivity index (χ3n) is 7.34. The van der Waals surface area contributed by atoms with E-state index in [9.17, 15) is 13.2 Å². The number of hydrogen-bond acceptors (Lipinski definition) is 5. The summed E-state index contributed by atoms with van der Waals surface area (Å²) in [5.41, 5.74) is 3.02. The fraction of sp³-hybridized carbons (Fsp3) is 0.519. The number of sulfonamides is 1. The Balaban J connectivity index is 1.23. The Hall–Kier alpha value is -2.42. The fourth-order valence-corrected chi connectivity index (χ4v) is 6.49. The van der Waals surface area contributed by atoms with Crippen LogP contribution in [0.4, 0.5) is 5.69 Å². The Labute approximate surface area is 210 Å². The minimum atomic E-state index is -3.55. The Kier molecular flexibility index (Phi) is 8.46. The Morgan fingerprint density at radius 3 is 2.34 bits per heavy atom. The van der Waals surface area contributed by atoms with E-state index < -0.39 is 10.0 Å². The van der Waals surface area contributed by atoms with E-state index in [0.717, 1.165) is 58.4 Å². The van der Waals surface area contributed by atoms with E-state index in [1.54, 1.807) is 31.3 Å². The van der Waals surface area contributed by atoms with Crippen LogP contribution in [0.2, 0.25) is 0 Å². The van der Waals surface area contributed by atoms with Crippen molar-refractivity contribution in [2.45, 2.75) is 50.0 Å². The van der Waals surface area contributed by atoms with Gasteiger partial charge in [-0.3, -0.25) is 9.69 Å². The number of rotatable bonds is 8. The number of anilines is 1. The van der Waals surface area contributed by atoms with Crippen LogP contribution in [0, 0.1) is 6.92 Å². The zero-order chi connectivity index (χ0) is 24.8. The maximum absolute atomic E-state index is 13.0. The average molecular weight is 499 g/mol. The molecule has 1 saturated carbocycles. The molecule has 0 aromatic heterocycles. The van der Waals surface area contributed by atoms with Crippen LogP contribution >= 0.6 is 0 Å². The lowest BCUT2D eigenvalue weighted by Gasteiger charge is -2.36. The highest BCUT2D eigenvalue weighted by molar-refractivity contribution is 7.89. The first kappa shape index (κ1) is 25.7. The Morgan fingerprint density at radius 2 is 1.69 bits per heavy atom. The number of carbonyl (C=O) groups excluding carboxylic acids is 1. The number of amides is 1. The molecule has 1 aliphatic carbocycles. The third-order valence-corrected chi connectivity index (χ3v) is 9.26. The molecular weight excluding hydrogens is 460 g/mol. The number of piperazine rings is 1. The lowest BCUT2D eigenvalue weighted by Crippen LogP contribution is -2.48. The normalized spacial score (nSPS) is 18.1. The summed E-state index contributed by atoms with van der Waals surface area (Å²) in [6, 6.07) is 15.0. The van der Waals surface area contributed by atoms with E-state index in [1.807, 2.05) is 0 Å². The van der Waals surface area contributed by atoms with Crippen LogP contribution in [0.25, 0.3) is 0 Å². The van der Waals surface area contributed by atoms with Gasteiger partial charge in [-0.1, -0.05) is 31.4 Å². The van der Waals surface area contributed by atoms with Crippen LogP contribution in [0.1, 0.15) is 48.0 Å². The van der Waals surface area contributed by atoms with Crippen LogP contribution in [0.15, 0.2) is 53.4 Å². The summed E-state index contributed by atoms with van der Waals surface area (Å²) in [5, 5.41) is 2.98. The largest absolute Gasteiger partial charge is 0.369 e. The molecule has 190 valence electrons. The SMILES string of the molecule is Cc1cccc(N2CCN(CCNC(=O)c3ccc(S(=O)(=O)N(C)C4CCCCC4)cc3)CC2)c1. The maximum Gasteiger partial charge on any atom is 0.251 e. The summed E-state index contributed by atoms with van der Waals surface area (Å²) in [5.74, 6) is -0.173. The lowest BCUT2D eigenvalue weighted by atomic mass is 9.96. The second-order valence-corrected chi connectivity index (χ2v) is 11.8. The minimum Gasteiger partial charge on any atom is -0.369 e. The summed E-state index contributed by atoms with van der Waals surface area (Å²) in [7, 11) is -1.88. The quantitative estimate of drug-likeness (QED) is 0.603. The molecule has 7 nitrogen and oxygen atoms in total. The van der Waals surface area contributed by atoms with Crippen LogP contribution in [-0.2, 0) is 10.0 Å². The van der Waals surface area contributed by atoms with Crippen molar-refractivity contribution in [1.82, 2.24) is 14.5 Å². The van der Waals surface area contributed by atoms with Crippen LogP contribution in [0.5, 0.6) is 0 Å². The van der Waals surface area contributed by atoms with E-state index >= 15 is 0 Å². The van der Waals surface area contributed by atoms with E-state index in [0.29, 0.717) is 12.1 Å². The smallest absolute Gasteiger partial charge is 0.251 e. The van der Waals surface area contributed by atoms with E-state index in [1.165, 1.54) is 22.0 Å². The van der Waals surface area contributed by atoms with Gasteiger partial charge in [0.1, 0.15) is 0 Å². The molecule has 35 heavy (non-hydrogen) atoms. The average Bonchev–Trinajstić information content (AvgIpc) is 2.89. The molecular formula is C27H38N4O3S. The first-order valence-corrected chi connectivity index (χ1v) is 14.2. The molecule has 2 aromatic rings. The molecule has 0 radical (unpaired) electrons. The first-order valence-electron chi connectivity index (χ1n) is 12.7. The van der Waals surface area contributed by atoms with Crippen LogP contribution in [-0.4, -0.2) is 75.9 Å². The van der Waals surface area contributed by atoms with Gasteiger partial charge >= 0.3 is 0 Å². The van der Waals surface area contributed by atoms with Gasteiger partial charge in [-0.2, -0.15) is 4.31 Å². The van der Waals surface area contributed by atoms with Crippen molar-refractivity contribution in [3.8, 4) is 0 Å². The van der Waals surface area contributed by atoms with Gasteiger partial charge in [0.25, 0.3) is 5.91 Å². The zero-order valence-electron chi connectivity index (χ0n) is 20.9. The summed E-state index contributed by atoms with van der Waals surface area (Å²) in [4.78, 5) is 17.6. The lowest BCUT2D eigenvalue weighted by molar-refractivity contribution is 0.0947. The third kappa shape index (κ3) is 6.42. The highest BCUT2D eigenvalue weighted by Gasteiger charge is 2.29. The predicted molar refractivity (Wildman–Crippen MR) is 140 cm³/mol. The number of aryl methyl sites for hydroxylation is 1. The monoisotopic (exact) mass is 498 g/mol. The first-order chi connectivity index (χ1) is 16.8. The van der Waals surface area contributed by atoms with Crippen molar-refractivity contribution in [2.24, 2.45) is 0 Å². The second kappa shape index (κ2) is 11.5. The van der Waals surface area contributed by atoms with E-state index in [-0.39, 0.29) is 16.8 Å². The van der Waals surface area contributed by atoms with Gasteiger partial charge in [0.05, 0.1) is 4.90 Å². The zero-order valence-corrected chi connectivity index (χ0v) is 21.8. The Bertz CT molecular complexity index is 1090. The van der Waals surface area contributed by atoms with Crippen LogP contribution < -0.4 is 10.2 Å². The molecule has 1 aliphatic heterocycles. The molecule has 8 heteroatoms. The number of nitrogens with one attached hydrogen (secondary N) is 1. The van der Waals surface area contributed by atoms with Gasteiger partial charge in [0, 0.05) is 63.6 Å². The molecule has 0 unspecified atom stereocenters. The van der Waals surface area contributed by atoms with Crippen LogP contribution in [0.3, 0.4) is 0 Å². The van der Waals surface area contributed by atoms with Gasteiger partial charge < -0.3 is 10.2 Å². The summed E-state index contributed by atoms with van der Waals surface area (Å²) in [6.45, 7) is 7.35. The number of nitrogens with zero attached hydrogens (tertiary/aromatic N) is 3. The number of carbonyl (C=O) groups is 1. The molecule has 2 aromatic carbocycles. The predicted octanol–water partition coefficient (Wildman–Crippen LogP) is 3.50. The summed E-state index contributed by atoms with van der Waals surface area (Å²) >= 11 is 0. The Morgan fingerprint density at radius 1 is 1.00 bits per heavy atom. The van der Waals surface area contributed by atoms with Crippen molar-refractivity contribution in [1.29, 1.82) is 0 Å². The highest BCUT2D eigenvalue weighted by atomic mass is 32.2. The highest BCUT2D eigenvalue weighted by Crippen LogP contribution is 2.26. The maximum atomic E-state index is 13.0. The van der Waals surface area contributed by atoms with E-state index in [2.05, 4.69) is 46.3 Å². The molecule has 1 saturated heterocycles. The molecule has 1 N–H and O–H groups in total. The van der Waals surface area contributed by atoms with Crippen molar-refractivity contribution in [3.05, 3.63) is 59.7 Å². The standard InChI is InChI=1S/C27H38N4O3S/c1-22-7-6-10-25(21-22)31-19-17-30(18-20-31)16-15-28-27(32)23-11-13-26(14-12-23)35(33,34)29(2)24-8-4-3-5-9-24/h6-7,10-14,21,24H,3-5,8-9,15-20H2,1-2H3,(H,28,32). The molecule has 2 fully saturated rings. The minimum absolute atomic E-state index is 0.0652. The van der Waals surface area contributed by atoms with Crippen molar-refractivity contribution >= 4 is 21.6 Å². The summed E-state index contributed by atoms with van der Waals surface area (Å²) < 4.78 is 27.5. The molecule has 0 atom stereocenters. The number of benzene rings is 2.